The van der Waals surface area contributed by atoms with Gasteiger partial charge in [-0.25, -0.2) is 9.18 Å². The van der Waals surface area contributed by atoms with Crippen LogP contribution in [0.4, 0.5) is 14.9 Å². The van der Waals surface area contributed by atoms with Crippen molar-refractivity contribution in [2.24, 2.45) is 11.7 Å². The fourth-order valence-electron chi connectivity index (χ4n) is 4.98. The maximum Gasteiger partial charge on any atom is 0.511 e. The number of halogens is 1. The molecule has 0 amide bonds. The van der Waals surface area contributed by atoms with Gasteiger partial charge in [-0.3, -0.25) is 4.79 Å². The number of benzene rings is 1. The minimum absolute atomic E-state index is 0.0146. The molecule has 3 N–H and O–H groups in total. The second kappa shape index (κ2) is 6.58. The highest BCUT2D eigenvalue weighted by Crippen LogP contribution is 2.47. The van der Waals surface area contributed by atoms with E-state index in [4.69, 9.17) is 20.3 Å². The van der Waals surface area contributed by atoms with Crippen molar-refractivity contribution in [3.05, 3.63) is 28.3 Å². The Morgan fingerprint density at radius 3 is 3.00 bits per heavy atom. The number of fused-ring (bicyclic) bond motifs is 1. The van der Waals surface area contributed by atoms with Crippen LogP contribution < -0.4 is 25.5 Å². The quantitative estimate of drug-likeness (QED) is 0.723. The van der Waals surface area contributed by atoms with E-state index >= 15 is 4.39 Å². The van der Waals surface area contributed by atoms with E-state index in [1.807, 2.05) is 11.8 Å². The van der Waals surface area contributed by atoms with E-state index in [1.54, 1.807) is 4.57 Å². The molecule has 160 valence electrons. The molecule has 10 heteroatoms. The van der Waals surface area contributed by atoms with Crippen LogP contribution >= 0.6 is 0 Å². The van der Waals surface area contributed by atoms with Crippen molar-refractivity contribution in [3.8, 4) is 11.5 Å². The summed E-state index contributed by atoms with van der Waals surface area (Å²) in [6.45, 7) is 4.10. The molecule has 3 aliphatic heterocycles. The van der Waals surface area contributed by atoms with Crippen LogP contribution in [0.15, 0.2) is 17.1 Å². The summed E-state index contributed by atoms with van der Waals surface area (Å²) < 4.78 is 33.6. The molecular formula is C20H22FN3O6. The Labute approximate surface area is 170 Å². The van der Waals surface area contributed by atoms with E-state index in [-0.39, 0.29) is 41.1 Å². The lowest BCUT2D eigenvalue weighted by molar-refractivity contribution is 0.0126. The summed E-state index contributed by atoms with van der Waals surface area (Å²) in [5.74, 6) is -0.515. The van der Waals surface area contributed by atoms with Crippen LogP contribution in [0.3, 0.4) is 0 Å². The van der Waals surface area contributed by atoms with Crippen LogP contribution in [-0.2, 0) is 4.74 Å². The molecular weight excluding hydrogens is 397 g/mol. The lowest BCUT2D eigenvalue weighted by Gasteiger charge is -2.32. The van der Waals surface area contributed by atoms with Crippen molar-refractivity contribution < 1.29 is 28.5 Å². The first-order valence-corrected chi connectivity index (χ1v) is 9.88. The Hall–Kier alpha value is -2.85. The van der Waals surface area contributed by atoms with E-state index < -0.39 is 23.0 Å². The number of nitrogens with two attached hydrogens (primary N) is 1. The van der Waals surface area contributed by atoms with Gasteiger partial charge in [0, 0.05) is 32.2 Å². The first kappa shape index (κ1) is 19.1. The Kier molecular flexibility index (Phi) is 4.19. The largest absolute Gasteiger partial charge is 0.511 e. The van der Waals surface area contributed by atoms with Crippen LogP contribution in [0.2, 0.25) is 0 Å². The predicted octanol–water partition coefficient (Wildman–Crippen LogP) is 1.70. The lowest BCUT2D eigenvalue weighted by Crippen LogP contribution is -2.44. The van der Waals surface area contributed by atoms with Gasteiger partial charge in [-0.1, -0.05) is 0 Å². The first-order chi connectivity index (χ1) is 14.3. The van der Waals surface area contributed by atoms with Crippen LogP contribution in [0.5, 0.6) is 11.5 Å². The van der Waals surface area contributed by atoms with Crippen molar-refractivity contribution in [2.45, 2.75) is 25.0 Å². The Morgan fingerprint density at radius 2 is 2.30 bits per heavy atom. The zero-order chi connectivity index (χ0) is 21.2. The van der Waals surface area contributed by atoms with Gasteiger partial charge in [-0.05, 0) is 19.4 Å². The standard InChI is InChI=1S/C20H22FN3O6/c1-10-7-28-18-15-12(17(25)14(6-24(10)15)30-19(26)27)4-13(21)16(18)23-5-11-2-3-29-20(11,8-22)9-23/h4,6,10-11H,2-3,5,7-9,22H2,1H3,(H,26,27). The molecule has 3 aliphatic rings. The smallest absolute Gasteiger partial charge is 0.487 e. The zero-order valence-electron chi connectivity index (χ0n) is 16.4. The average molecular weight is 419 g/mol. The molecule has 0 bridgehead atoms. The number of hydrogen-bond acceptors (Lipinski definition) is 7. The number of nitrogens with zero attached hydrogens (tertiary/aromatic N) is 2. The van der Waals surface area contributed by atoms with E-state index in [1.165, 1.54) is 6.20 Å². The molecule has 2 saturated heterocycles. The highest BCUT2D eigenvalue weighted by atomic mass is 19.1. The molecule has 3 unspecified atom stereocenters. The lowest BCUT2D eigenvalue weighted by atomic mass is 9.91. The van der Waals surface area contributed by atoms with Crippen LogP contribution in [0.25, 0.3) is 10.9 Å². The van der Waals surface area contributed by atoms with Gasteiger partial charge in [-0.2, -0.15) is 0 Å². The van der Waals surface area contributed by atoms with Gasteiger partial charge in [-0.15, -0.1) is 0 Å². The Morgan fingerprint density at radius 1 is 1.50 bits per heavy atom. The molecule has 2 fully saturated rings. The minimum Gasteiger partial charge on any atom is -0.487 e. The van der Waals surface area contributed by atoms with Crippen LogP contribution in [0, 0.1) is 11.7 Å². The Balaban J connectivity index is 1.70. The maximum atomic E-state index is 15.4. The SMILES string of the molecule is CC1COc2c(N3CC4CCOC4(CN)C3)c(F)cc3c(=O)c(OC(=O)O)cn1c23. The van der Waals surface area contributed by atoms with Gasteiger partial charge in [0.15, 0.2) is 17.3 Å². The van der Waals surface area contributed by atoms with Crippen LogP contribution in [0.1, 0.15) is 19.4 Å². The van der Waals surface area contributed by atoms with Gasteiger partial charge in [0.25, 0.3) is 0 Å². The number of aromatic nitrogens is 1. The summed E-state index contributed by atoms with van der Waals surface area (Å²) in [6, 6.07) is 0.930. The molecule has 0 spiro atoms. The van der Waals surface area contributed by atoms with Gasteiger partial charge >= 0.3 is 6.16 Å². The van der Waals surface area contributed by atoms with E-state index in [2.05, 4.69) is 4.74 Å². The number of carboxylic acid groups (broad SMARTS) is 1. The third-order valence-corrected chi connectivity index (χ3v) is 6.47. The average Bonchev–Trinajstić information content (AvgIpc) is 3.24. The fraction of sp³-hybridized carbons (Fsp3) is 0.500. The monoisotopic (exact) mass is 419 g/mol. The Bertz CT molecular complexity index is 1120. The molecule has 3 atom stereocenters. The number of carbonyl (C=O) groups is 1. The minimum atomic E-state index is -1.60. The highest BCUT2D eigenvalue weighted by molar-refractivity contribution is 5.93. The molecule has 5 rings (SSSR count). The molecule has 0 saturated carbocycles. The summed E-state index contributed by atoms with van der Waals surface area (Å²) >= 11 is 0. The van der Waals surface area contributed by atoms with Crippen molar-refractivity contribution in [1.29, 1.82) is 0 Å². The maximum absolute atomic E-state index is 15.4. The molecule has 9 nitrogen and oxygen atoms in total. The number of hydrogen-bond donors (Lipinski definition) is 2. The molecule has 1 aromatic carbocycles. The number of ether oxygens (including phenoxy) is 3. The topological polar surface area (TPSA) is 116 Å². The van der Waals surface area contributed by atoms with E-state index in [0.29, 0.717) is 31.8 Å². The van der Waals surface area contributed by atoms with Gasteiger partial charge in [0.05, 0.1) is 23.1 Å². The zero-order valence-corrected chi connectivity index (χ0v) is 16.4. The third-order valence-electron chi connectivity index (χ3n) is 6.47. The number of anilines is 1. The van der Waals surface area contributed by atoms with Crippen molar-refractivity contribution in [3.63, 3.8) is 0 Å². The van der Waals surface area contributed by atoms with E-state index in [9.17, 15) is 9.59 Å². The van der Waals surface area contributed by atoms with E-state index in [0.717, 1.165) is 12.5 Å². The molecule has 2 aromatic rings. The second-order valence-corrected chi connectivity index (χ2v) is 8.17. The first-order valence-electron chi connectivity index (χ1n) is 9.88. The van der Waals surface area contributed by atoms with Gasteiger partial charge < -0.3 is 34.5 Å². The van der Waals surface area contributed by atoms with Gasteiger partial charge in [0.2, 0.25) is 5.43 Å². The molecule has 0 radical (unpaired) electrons. The normalized spacial score (nSPS) is 27.2. The van der Waals surface area contributed by atoms with Crippen molar-refractivity contribution >= 4 is 22.7 Å². The predicted molar refractivity (Wildman–Crippen MR) is 105 cm³/mol. The molecule has 30 heavy (non-hydrogen) atoms. The summed E-state index contributed by atoms with van der Waals surface area (Å²) in [6.07, 6.45) is 0.601. The summed E-state index contributed by atoms with van der Waals surface area (Å²) in [5.41, 5.74) is 5.49. The fourth-order valence-corrected chi connectivity index (χ4v) is 4.98. The molecule has 4 heterocycles. The molecule has 0 aliphatic carbocycles. The summed E-state index contributed by atoms with van der Waals surface area (Å²) in [4.78, 5) is 25.6. The van der Waals surface area contributed by atoms with Crippen molar-refractivity contribution in [1.82, 2.24) is 4.57 Å². The van der Waals surface area contributed by atoms with Crippen molar-refractivity contribution in [2.75, 3.05) is 37.7 Å². The third kappa shape index (κ3) is 2.60. The highest BCUT2D eigenvalue weighted by Gasteiger charge is 2.51. The summed E-state index contributed by atoms with van der Waals surface area (Å²) in [5, 5.41) is 8.95. The van der Waals surface area contributed by atoms with Crippen LogP contribution in [-0.4, -0.2) is 54.3 Å². The molecule has 1 aromatic heterocycles. The number of rotatable bonds is 3. The summed E-state index contributed by atoms with van der Waals surface area (Å²) in [7, 11) is 0. The second-order valence-electron chi connectivity index (χ2n) is 8.17. The number of pyridine rings is 1. The van der Waals surface area contributed by atoms with Gasteiger partial charge in [0.1, 0.15) is 17.9 Å².